The van der Waals surface area contributed by atoms with Crippen LogP contribution in [0.15, 0.2) is 0 Å². The number of hydrogen-bond donors (Lipinski definition) is 3. The predicted molar refractivity (Wildman–Crippen MR) is 54.6 cm³/mol. The Hall–Kier alpha value is -0.120. The van der Waals surface area contributed by atoms with Crippen molar-refractivity contribution in [3.8, 4) is 0 Å². The molecule has 3 N–H and O–H groups in total. The Kier molecular flexibility index (Phi) is 5.53. The van der Waals surface area contributed by atoms with Crippen LogP contribution < -0.4 is 5.32 Å². The van der Waals surface area contributed by atoms with Gasteiger partial charge in [0.05, 0.1) is 11.7 Å². The Balaban J connectivity index is 3.36. The average Bonchev–Trinajstić information content (AvgIpc) is 1.95. The Labute approximate surface area is 81.2 Å². The zero-order valence-corrected chi connectivity index (χ0v) is 9.17. The van der Waals surface area contributed by atoms with E-state index in [2.05, 4.69) is 5.32 Å². The van der Waals surface area contributed by atoms with Gasteiger partial charge in [-0.25, -0.2) is 0 Å². The van der Waals surface area contributed by atoms with Crippen molar-refractivity contribution in [1.82, 2.24) is 5.32 Å². The summed E-state index contributed by atoms with van der Waals surface area (Å²) < 4.78 is 0. The maximum Gasteiger partial charge on any atom is 0.0687 e. The van der Waals surface area contributed by atoms with Crippen LogP contribution >= 0.6 is 0 Å². The van der Waals surface area contributed by atoms with E-state index in [4.69, 9.17) is 0 Å². The van der Waals surface area contributed by atoms with Gasteiger partial charge in [0.2, 0.25) is 0 Å². The van der Waals surface area contributed by atoms with Crippen molar-refractivity contribution < 1.29 is 10.2 Å². The molecular weight excluding hydrogens is 166 g/mol. The van der Waals surface area contributed by atoms with Gasteiger partial charge in [-0.15, -0.1) is 0 Å². The van der Waals surface area contributed by atoms with Gasteiger partial charge < -0.3 is 15.5 Å². The van der Waals surface area contributed by atoms with Crippen LogP contribution in [0, 0.1) is 5.92 Å². The molecule has 0 rings (SSSR count). The van der Waals surface area contributed by atoms with E-state index in [9.17, 15) is 10.2 Å². The van der Waals surface area contributed by atoms with Crippen molar-refractivity contribution in [3.63, 3.8) is 0 Å². The monoisotopic (exact) mass is 189 g/mol. The summed E-state index contributed by atoms with van der Waals surface area (Å²) in [5.41, 5.74) is -0.615. The quantitative estimate of drug-likeness (QED) is 0.541. The average molecular weight is 189 g/mol. The summed E-state index contributed by atoms with van der Waals surface area (Å²) in [5.74, 6) is 0.287. The SMILES string of the molecule is CC(C)C(O)CNCCC(C)(C)O. The predicted octanol–water partition coefficient (Wildman–Crippen LogP) is 0.754. The molecule has 0 aromatic carbocycles. The van der Waals surface area contributed by atoms with Crippen molar-refractivity contribution in [3.05, 3.63) is 0 Å². The van der Waals surface area contributed by atoms with Crippen molar-refractivity contribution in [1.29, 1.82) is 0 Å². The summed E-state index contributed by atoms with van der Waals surface area (Å²) >= 11 is 0. The highest BCUT2D eigenvalue weighted by Gasteiger charge is 2.12. The third-order valence-corrected chi connectivity index (χ3v) is 2.04. The maximum absolute atomic E-state index is 9.43. The summed E-state index contributed by atoms with van der Waals surface area (Å²) in [4.78, 5) is 0. The van der Waals surface area contributed by atoms with Crippen LogP contribution in [-0.2, 0) is 0 Å². The van der Waals surface area contributed by atoms with Gasteiger partial charge in [-0.3, -0.25) is 0 Å². The van der Waals surface area contributed by atoms with E-state index in [0.29, 0.717) is 13.0 Å². The second-order valence-corrected chi connectivity index (χ2v) is 4.58. The third-order valence-electron chi connectivity index (χ3n) is 2.04. The second kappa shape index (κ2) is 5.58. The smallest absolute Gasteiger partial charge is 0.0687 e. The minimum atomic E-state index is -0.615. The molecule has 0 saturated heterocycles. The minimum Gasteiger partial charge on any atom is -0.392 e. The van der Waals surface area contributed by atoms with Crippen molar-refractivity contribution in [2.24, 2.45) is 5.92 Å². The lowest BCUT2D eigenvalue weighted by molar-refractivity contribution is 0.0680. The fourth-order valence-electron chi connectivity index (χ4n) is 0.880. The van der Waals surface area contributed by atoms with Crippen molar-refractivity contribution in [2.45, 2.75) is 45.8 Å². The number of aliphatic hydroxyl groups is 2. The number of aliphatic hydroxyl groups excluding tert-OH is 1. The molecule has 1 atom stereocenters. The standard InChI is InChI=1S/C10H23NO2/c1-8(2)9(12)7-11-6-5-10(3,4)13/h8-9,11-13H,5-7H2,1-4H3. The molecular formula is C10H23NO2. The molecule has 0 bridgehead atoms. The lowest BCUT2D eigenvalue weighted by Gasteiger charge is -2.19. The second-order valence-electron chi connectivity index (χ2n) is 4.58. The van der Waals surface area contributed by atoms with E-state index < -0.39 is 5.60 Å². The first kappa shape index (κ1) is 12.9. The lowest BCUT2D eigenvalue weighted by atomic mass is 10.1. The van der Waals surface area contributed by atoms with Gasteiger partial charge in [0.25, 0.3) is 0 Å². The Bertz CT molecular complexity index is 129. The maximum atomic E-state index is 9.43. The van der Waals surface area contributed by atoms with Crippen LogP contribution in [0.1, 0.15) is 34.1 Å². The van der Waals surface area contributed by atoms with Crippen LogP contribution in [0.4, 0.5) is 0 Å². The summed E-state index contributed by atoms with van der Waals surface area (Å²) in [6, 6.07) is 0. The number of nitrogens with one attached hydrogen (secondary N) is 1. The molecule has 3 heteroatoms. The van der Waals surface area contributed by atoms with Gasteiger partial charge in [0, 0.05) is 6.54 Å². The Morgan fingerprint density at radius 1 is 1.31 bits per heavy atom. The van der Waals surface area contributed by atoms with Gasteiger partial charge in [0.15, 0.2) is 0 Å². The van der Waals surface area contributed by atoms with Gasteiger partial charge in [0.1, 0.15) is 0 Å². The van der Waals surface area contributed by atoms with Crippen LogP contribution in [0.2, 0.25) is 0 Å². The molecule has 3 nitrogen and oxygen atoms in total. The molecule has 0 amide bonds. The van der Waals surface area contributed by atoms with E-state index in [1.165, 1.54) is 0 Å². The van der Waals surface area contributed by atoms with E-state index in [-0.39, 0.29) is 12.0 Å². The van der Waals surface area contributed by atoms with E-state index >= 15 is 0 Å². The highest BCUT2D eigenvalue weighted by atomic mass is 16.3. The molecule has 1 unspecified atom stereocenters. The number of rotatable bonds is 6. The van der Waals surface area contributed by atoms with Crippen LogP contribution in [-0.4, -0.2) is 35.0 Å². The van der Waals surface area contributed by atoms with Gasteiger partial charge in [-0.05, 0) is 32.7 Å². The Morgan fingerprint density at radius 2 is 1.85 bits per heavy atom. The first-order valence-electron chi connectivity index (χ1n) is 4.94. The molecule has 0 heterocycles. The first-order chi connectivity index (χ1) is 5.83. The molecule has 0 spiro atoms. The largest absolute Gasteiger partial charge is 0.392 e. The molecule has 0 fully saturated rings. The zero-order valence-electron chi connectivity index (χ0n) is 9.17. The molecule has 0 aromatic heterocycles. The van der Waals surface area contributed by atoms with Gasteiger partial charge in [-0.1, -0.05) is 13.8 Å². The van der Waals surface area contributed by atoms with Crippen LogP contribution in [0.3, 0.4) is 0 Å². The fourth-order valence-corrected chi connectivity index (χ4v) is 0.880. The summed E-state index contributed by atoms with van der Waals surface area (Å²) in [5, 5.41) is 21.9. The summed E-state index contributed by atoms with van der Waals surface area (Å²) in [6.45, 7) is 8.90. The lowest BCUT2D eigenvalue weighted by Crippen LogP contribution is -2.34. The normalized spacial score (nSPS) is 15.0. The highest BCUT2D eigenvalue weighted by molar-refractivity contribution is 4.68. The van der Waals surface area contributed by atoms with E-state index in [0.717, 1.165) is 6.54 Å². The van der Waals surface area contributed by atoms with Crippen molar-refractivity contribution in [2.75, 3.05) is 13.1 Å². The minimum absolute atomic E-state index is 0.287. The third kappa shape index (κ3) is 8.22. The van der Waals surface area contributed by atoms with Crippen molar-refractivity contribution >= 4 is 0 Å². The van der Waals surface area contributed by atoms with Gasteiger partial charge in [-0.2, -0.15) is 0 Å². The van der Waals surface area contributed by atoms with E-state index in [1.807, 2.05) is 13.8 Å². The van der Waals surface area contributed by atoms with Crippen LogP contribution in [0.5, 0.6) is 0 Å². The molecule has 0 aliphatic carbocycles. The van der Waals surface area contributed by atoms with E-state index in [1.54, 1.807) is 13.8 Å². The summed E-state index contributed by atoms with van der Waals surface area (Å²) in [7, 11) is 0. The topological polar surface area (TPSA) is 52.5 Å². The molecule has 80 valence electrons. The molecule has 0 aliphatic rings. The molecule has 0 aromatic rings. The molecule has 13 heavy (non-hydrogen) atoms. The first-order valence-corrected chi connectivity index (χ1v) is 4.94. The number of hydrogen-bond acceptors (Lipinski definition) is 3. The van der Waals surface area contributed by atoms with Gasteiger partial charge >= 0.3 is 0 Å². The fraction of sp³-hybridized carbons (Fsp3) is 1.00. The van der Waals surface area contributed by atoms with Crippen LogP contribution in [0.25, 0.3) is 0 Å². The molecule has 0 aliphatic heterocycles. The highest BCUT2D eigenvalue weighted by Crippen LogP contribution is 2.05. The molecule has 0 radical (unpaired) electrons. The summed E-state index contributed by atoms with van der Waals surface area (Å²) in [6.07, 6.45) is 0.416. The zero-order chi connectivity index (χ0) is 10.5. The molecule has 0 saturated carbocycles. The Morgan fingerprint density at radius 3 is 2.23 bits per heavy atom.